The average Bonchev–Trinajstić information content (AvgIpc) is 3.30. The molecular formula is C33H28N2O5. The first-order valence-electron chi connectivity index (χ1n) is 13.0. The number of carbonyl (C=O) groups is 3. The summed E-state index contributed by atoms with van der Waals surface area (Å²) in [5.74, 6) is -1.09. The molecule has 0 spiro atoms. The van der Waals surface area contributed by atoms with Gasteiger partial charge in [0.25, 0.3) is 5.91 Å². The number of fused-ring (bicyclic) bond motifs is 3. The van der Waals surface area contributed by atoms with E-state index in [1.807, 2.05) is 66.7 Å². The lowest BCUT2D eigenvalue weighted by molar-refractivity contribution is -0.113. The van der Waals surface area contributed by atoms with Crippen LogP contribution in [0, 0.1) is 0 Å². The van der Waals surface area contributed by atoms with Gasteiger partial charge in [0, 0.05) is 11.6 Å². The lowest BCUT2D eigenvalue weighted by Gasteiger charge is -2.16. The van der Waals surface area contributed by atoms with E-state index in [1.54, 1.807) is 37.3 Å². The van der Waals surface area contributed by atoms with Crippen molar-refractivity contribution in [1.82, 2.24) is 5.32 Å². The fourth-order valence-corrected chi connectivity index (χ4v) is 4.72. The molecule has 0 saturated heterocycles. The van der Waals surface area contributed by atoms with Gasteiger partial charge in [0.2, 0.25) is 0 Å². The predicted octanol–water partition coefficient (Wildman–Crippen LogP) is 6.38. The van der Waals surface area contributed by atoms with Crippen molar-refractivity contribution in [1.29, 1.82) is 0 Å². The molecular weight excluding hydrogens is 504 g/mol. The minimum atomic E-state index is -0.739. The number of hydrogen-bond acceptors (Lipinski definition) is 5. The maximum atomic E-state index is 13.2. The summed E-state index contributed by atoms with van der Waals surface area (Å²) in [5.41, 5.74) is 6.02. The zero-order valence-corrected chi connectivity index (χ0v) is 21.9. The van der Waals surface area contributed by atoms with Crippen molar-refractivity contribution < 1.29 is 23.9 Å². The third-order valence-electron chi connectivity index (χ3n) is 6.59. The van der Waals surface area contributed by atoms with Gasteiger partial charge in [-0.05, 0) is 65.1 Å². The van der Waals surface area contributed by atoms with E-state index in [2.05, 4.69) is 22.8 Å². The highest BCUT2D eigenvalue weighted by Crippen LogP contribution is 2.44. The Morgan fingerprint density at radius 2 is 1.35 bits per heavy atom. The van der Waals surface area contributed by atoms with Gasteiger partial charge in [-0.3, -0.25) is 10.1 Å². The second-order valence-electron chi connectivity index (χ2n) is 9.17. The standard InChI is InChI=1S/C33H28N2O5/c1-2-39-32(37)23-16-18-24(19-17-23)34-31(36)30(20-22-10-4-3-5-11-22)35-33(38)40-21-29-27-14-8-6-12-25(27)26-13-7-9-15-28(26)29/h3-20,29H,2,21H2,1H3,(H,34,36)(H,35,38)/b30-20-. The number of hydrogen-bond donors (Lipinski definition) is 2. The number of benzene rings is 4. The van der Waals surface area contributed by atoms with E-state index in [9.17, 15) is 14.4 Å². The van der Waals surface area contributed by atoms with Crippen LogP contribution in [0.15, 0.2) is 109 Å². The Morgan fingerprint density at radius 1 is 0.750 bits per heavy atom. The number of esters is 1. The first kappa shape index (κ1) is 26.4. The zero-order chi connectivity index (χ0) is 27.9. The summed E-state index contributed by atoms with van der Waals surface area (Å²) in [5, 5.41) is 5.38. The first-order chi connectivity index (χ1) is 19.5. The molecule has 0 fully saturated rings. The number of amides is 2. The van der Waals surface area contributed by atoms with E-state index in [-0.39, 0.29) is 24.8 Å². The van der Waals surface area contributed by atoms with Crippen molar-refractivity contribution in [3.8, 4) is 11.1 Å². The van der Waals surface area contributed by atoms with Gasteiger partial charge >= 0.3 is 12.1 Å². The number of alkyl carbamates (subject to hydrolysis) is 1. The molecule has 0 aliphatic heterocycles. The quantitative estimate of drug-likeness (QED) is 0.203. The molecule has 0 radical (unpaired) electrons. The summed E-state index contributed by atoms with van der Waals surface area (Å²) in [6, 6.07) is 31.7. The van der Waals surface area contributed by atoms with Gasteiger partial charge in [-0.2, -0.15) is 0 Å². The van der Waals surface area contributed by atoms with E-state index in [1.165, 1.54) is 0 Å². The number of carbonyl (C=O) groups excluding carboxylic acids is 3. The Morgan fingerprint density at radius 3 is 1.98 bits per heavy atom. The zero-order valence-electron chi connectivity index (χ0n) is 21.9. The predicted molar refractivity (Wildman–Crippen MR) is 154 cm³/mol. The molecule has 0 bridgehead atoms. The summed E-state index contributed by atoms with van der Waals surface area (Å²) >= 11 is 0. The van der Waals surface area contributed by atoms with Gasteiger partial charge < -0.3 is 14.8 Å². The monoisotopic (exact) mass is 532 g/mol. The highest BCUT2D eigenvalue weighted by Gasteiger charge is 2.29. The summed E-state index contributed by atoms with van der Waals surface area (Å²) in [6.45, 7) is 2.12. The maximum Gasteiger partial charge on any atom is 0.411 e. The molecule has 7 nitrogen and oxygen atoms in total. The van der Waals surface area contributed by atoms with E-state index in [0.29, 0.717) is 11.3 Å². The molecule has 40 heavy (non-hydrogen) atoms. The number of nitrogens with one attached hydrogen (secondary N) is 2. The van der Waals surface area contributed by atoms with Crippen molar-refractivity contribution in [3.05, 3.63) is 131 Å². The van der Waals surface area contributed by atoms with Crippen LogP contribution < -0.4 is 10.6 Å². The molecule has 2 N–H and O–H groups in total. The summed E-state index contributed by atoms with van der Waals surface area (Å²) in [7, 11) is 0. The van der Waals surface area contributed by atoms with Crippen LogP contribution in [0.1, 0.15) is 39.9 Å². The second-order valence-corrected chi connectivity index (χ2v) is 9.17. The summed E-state index contributed by atoms with van der Waals surface area (Å²) in [4.78, 5) is 38.1. The molecule has 1 aliphatic rings. The Balaban J connectivity index is 1.30. The molecule has 0 heterocycles. The Bertz CT molecular complexity index is 1520. The van der Waals surface area contributed by atoms with Crippen LogP contribution in [0.2, 0.25) is 0 Å². The van der Waals surface area contributed by atoms with Crippen LogP contribution in [0.4, 0.5) is 10.5 Å². The number of ether oxygens (including phenoxy) is 2. The van der Waals surface area contributed by atoms with E-state index >= 15 is 0 Å². The molecule has 4 aromatic carbocycles. The van der Waals surface area contributed by atoms with Crippen molar-refractivity contribution in [2.75, 3.05) is 18.5 Å². The topological polar surface area (TPSA) is 93.7 Å². The molecule has 0 unspecified atom stereocenters. The minimum Gasteiger partial charge on any atom is -0.462 e. The second kappa shape index (κ2) is 12.1. The van der Waals surface area contributed by atoms with Gasteiger partial charge in [0.1, 0.15) is 12.3 Å². The lowest BCUT2D eigenvalue weighted by Crippen LogP contribution is -2.32. The SMILES string of the molecule is CCOC(=O)c1ccc(NC(=O)/C(=C/c2ccccc2)NC(=O)OCC2c3ccccc3-c3ccccc32)cc1. The third-order valence-corrected chi connectivity index (χ3v) is 6.59. The smallest absolute Gasteiger partial charge is 0.411 e. The van der Waals surface area contributed by atoms with Crippen LogP contribution in [-0.4, -0.2) is 31.2 Å². The van der Waals surface area contributed by atoms with Crippen LogP contribution >= 0.6 is 0 Å². The Labute approximate surface area is 232 Å². The molecule has 0 aromatic heterocycles. The van der Waals surface area contributed by atoms with Crippen molar-refractivity contribution >= 4 is 29.7 Å². The van der Waals surface area contributed by atoms with E-state index in [4.69, 9.17) is 9.47 Å². The first-order valence-corrected chi connectivity index (χ1v) is 13.0. The van der Waals surface area contributed by atoms with Gasteiger partial charge in [-0.15, -0.1) is 0 Å². The largest absolute Gasteiger partial charge is 0.462 e. The molecule has 7 heteroatoms. The molecule has 200 valence electrons. The Kier molecular flexibility index (Phi) is 8.02. The van der Waals surface area contributed by atoms with Crippen LogP contribution in [0.3, 0.4) is 0 Å². The van der Waals surface area contributed by atoms with Gasteiger partial charge in [-0.1, -0.05) is 78.9 Å². The van der Waals surface area contributed by atoms with E-state index in [0.717, 1.165) is 27.8 Å². The fourth-order valence-electron chi connectivity index (χ4n) is 4.72. The minimum absolute atomic E-state index is 0.0119. The van der Waals surface area contributed by atoms with Crippen LogP contribution in [0.5, 0.6) is 0 Å². The highest BCUT2D eigenvalue weighted by molar-refractivity contribution is 6.08. The fraction of sp³-hybridized carbons (Fsp3) is 0.121. The molecule has 1 aliphatic carbocycles. The summed E-state index contributed by atoms with van der Waals surface area (Å²) < 4.78 is 10.7. The van der Waals surface area contributed by atoms with Crippen LogP contribution in [-0.2, 0) is 14.3 Å². The van der Waals surface area contributed by atoms with Crippen molar-refractivity contribution in [2.24, 2.45) is 0 Å². The highest BCUT2D eigenvalue weighted by atomic mass is 16.5. The molecule has 0 atom stereocenters. The van der Waals surface area contributed by atoms with Crippen molar-refractivity contribution in [3.63, 3.8) is 0 Å². The molecule has 5 rings (SSSR count). The third kappa shape index (κ3) is 5.94. The summed E-state index contributed by atoms with van der Waals surface area (Å²) in [6.07, 6.45) is 0.834. The molecule has 0 saturated carbocycles. The van der Waals surface area contributed by atoms with Crippen molar-refractivity contribution in [2.45, 2.75) is 12.8 Å². The number of anilines is 1. The Hall–Kier alpha value is -5.17. The van der Waals surface area contributed by atoms with Gasteiger partial charge in [0.05, 0.1) is 12.2 Å². The van der Waals surface area contributed by atoms with E-state index < -0.39 is 18.0 Å². The van der Waals surface area contributed by atoms with Crippen LogP contribution in [0.25, 0.3) is 17.2 Å². The lowest BCUT2D eigenvalue weighted by atomic mass is 9.98. The van der Waals surface area contributed by atoms with Gasteiger partial charge in [0.15, 0.2) is 0 Å². The molecule has 4 aromatic rings. The number of rotatable bonds is 8. The van der Waals surface area contributed by atoms with Gasteiger partial charge in [-0.25, -0.2) is 9.59 Å². The average molecular weight is 533 g/mol. The maximum absolute atomic E-state index is 13.2. The molecule has 2 amide bonds. The normalized spacial score (nSPS) is 12.2.